The van der Waals surface area contributed by atoms with E-state index in [1.807, 2.05) is 30.3 Å². The molecular weight excluding hydrogens is 320 g/mol. The largest absolute Gasteiger partial charge is 0.461 e. The number of hydrogen-bond acceptors (Lipinski definition) is 6. The van der Waals surface area contributed by atoms with E-state index in [1.54, 1.807) is 6.92 Å². The van der Waals surface area contributed by atoms with Crippen LogP contribution in [0.25, 0.3) is 11.5 Å². The van der Waals surface area contributed by atoms with Crippen LogP contribution in [0.2, 0.25) is 0 Å². The van der Waals surface area contributed by atoms with Crippen LogP contribution in [0.4, 0.5) is 0 Å². The third-order valence-electron chi connectivity index (χ3n) is 4.36. The fourth-order valence-electron chi connectivity index (χ4n) is 3.03. The van der Waals surface area contributed by atoms with Crippen LogP contribution in [0.3, 0.4) is 0 Å². The second-order valence-electron chi connectivity index (χ2n) is 6.29. The van der Waals surface area contributed by atoms with Gasteiger partial charge in [-0.05, 0) is 32.9 Å². The molecule has 2 atom stereocenters. The minimum absolute atomic E-state index is 0.240. The van der Waals surface area contributed by atoms with Gasteiger partial charge < -0.3 is 13.9 Å². The van der Waals surface area contributed by atoms with Gasteiger partial charge in [0.05, 0.1) is 26.4 Å². The van der Waals surface area contributed by atoms with Crippen LogP contribution in [0.15, 0.2) is 34.7 Å². The molecule has 2 aromatic rings. The van der Waals surface area contributed by atoms with Crippen molar-refractivity contribution >= 4 is 5.97 Å². The highest BCUT2D eigenvalue weighted by Crippen LogP contribution is 2.26. The second-order valence-corrected chi connectivity index (χ2v) is 6.29. The molecule has 0 amide bonds. The lowest BCUT2D eigenvalue weighted by Crippen LogP contribution is -2.48. The van der Waals surface area contributed by atoms with Gasteiger partial charge in [0.2, 0.25) is 5.89 Å². The van der Waals surface area contributed by atoms with Crippen molar-refractivity contribution in [2.45, 2.75) is 39.4 Å². The van der Waals surface area contributed by atoms with Crippen LogP contribution in [-0.4, -0.2) is 47.8 Å². The lowest BCUT2D eigenvalue weighted by atomic mass is 10.1. The summed E-state index contributed by atoms with van der Waals surface area (Å²) in [5.41, 5.74) is 1.09. The predicted molar refractivity (Wildman–Crippen MR) is 93.2 cm³/mol. The average Bonchev–Trinajstić information content (AvgIpc) is 3.03. The van der Waals surface area contributed by atoms with E-state index in [1.165, 1.54) is 0 Å². The lowest BCUT2D eigenvalue weighted by Gasteiger charge is -2.38. The number of rotatable bonds is 5. The van der Waals surface area contributed by atoms with Gasteiger partial charge in [-0.25, -0.2) is 9.78 Å². The molecule has 1 aliphatic rings. The van der Waals surface area contributed by atoms with Crippen molar-refractivity contribution < 1.29 is 18.7 Å². The molecule has 1 aromatic carbocycles. The molecule has 6 nitrogen and oxygen atoms in total. The first-order valence-corrected chi connectivity index (χ1v) is 8.65. The van der Waals surface area contributed by atoms with E-state index in [9.17, 15) is 4.79 Å². The van der Waals surface area contributed by atoms with Gasteiger partial charge in [0.25, 0.3) is 0 Å². The summed E-state index contributed by atoms with van der Waals surface area (Å²) in [6.45, 7) is 8.12. The summed E-state index contributed by atoms with van der Waals surface area (Å²) in [5.74, 6) is 0.530. The number of carbonyl (C=O) groups is 1. The Hall–Kier alpha value is -2.18. The Bertz CT molecular complexity index is 703. The fraction of sp³-hybridized carbons (Fsp3) is 0.474. The van der Waals surface area contributed by atoms with Crippen LogP contribution in [-0.2, 0) is 16.0 Å². The number of morpholine rings is 1. The Balaban J connectivity index is 1.93. The third kappa shape index (κ3) is 3.91. The highest BCUT2D eigenvalue weighted by atomic mass is 16.5. The van der Waals surface area contributed by atoms with E-state index in [0.717, 1.165) is 5.56 Å². The van der Waals surface area contributed by atoms with Gasteiger partial charge >= 0.3 is 5.97 Å². The monoisotopic (exact) mass is 344 g/mol. The van der Waals surface area contributed by atoms with Crippen LogP contribution < -0.4 is 0 Å². The number of ether oxygens (including phenoxy) is 2. The summed E-state index contributed by atoms with van der Waals surface area (Å²) in [7, 11) is 0. The number of oxazole rings is 1. The average molecular weight is 344 g/mol. The third-order valence-corrected chi connectivity index (χ3v) is 4.36. The molecule has 6 heteroatoms. The van der Waals surface area contributed by atoms with Gasteiger partial charge in [-0.15, -0.1) is 0 Å². The summed E-state index contributed by atoms with van der Waals surface area (Å²) in [6.07, 6.45) is 0. The first-order chi connectivity index (χ1) is 12.1. The second kappa shape index (κ2) is 7.80. The van der Waals surface area contributed by atoms with Gasteiger partial charge in [-0.3, -0.25) is 4.90 Å². The molecule has 0 bridgehead atoms. The van der Waals surface area contributed by atoms with Crippen molar-refractivity contribution in [2.75, 3.05) is 19.8 Å². The highest BCUT2D eigenvalue weighted by molar-refractivity contribution is 5.89. The highest BCUT2D eigenvalue weighted by Gasteiger charge is 2.30. The lowest BCUT2D eigenvalue weighted by molar-refractivity contribution is -0.0436. The standard InChI is InChI=1S/C19H24N2O4/c1-4-24-19(22)17-16(10-21-13(2)11-23-12-14(21)3)25-18(20-17)15-8-6-5-7-9-15/h5-9,13-14H,4,10-12H2,1-3H3/t13-,14-/m0/s1. The van der Waals surface area contributed by atoms with Gasteiger partial charge in [0.15, 0.2) is 11.5 Å². The number of esters is 1. The molecule has 3 rings (SSSR count). The Morgan fingerprint density at radius 3 is 2.56 bits per heavy atom. The number of benzene rings is 1. The Morgan fingerprint density at radius 2 is 1.92 bits per heavy atom. The molecule has 0 unspecified atom stereocenters. The molecule has 25 heavy (non-hydrogen) atoms. The summed E-state index contributed by atoms with van der Waals surface area (Å²) >= 11 is 0. The van der Waals surface area contributed by atoms with Crippen molar-refractivity contribution in [1.82, 2.24) is 9.88 Å². The molecule has 0 N–H and O–H groups in total. The molecule has 0 aliphatic carbocycles. The van der Waals surface area contributed by atoms with E-state index in [4.69, 9.17) is 13.9 Å². The maximum absolute atomic E-state index is 12.3. The first kappa shape index (κ1) is 17.6. The van der Waals surface area contributed by atoms with E-state index < -0.39 is 5.97 Å². The fourth-order valence-corrected chi connectivity index (χ4v) is 3.03. The van der Waals surface area contributed by atoms with E-state index in [0.29, 0.717) is 38.0 Å². The van der Waals surface area contributed by atoms with Crippen molar-refractivity contribution in [2.24, 2.45) is 0 Å². The number of hydrogen-bond donors (Lipinski definition) is 0. The normalized spacial score (nSPS) is 21.2. The maximum Gasteiger partial charge on any atom is 0.360 e. The quantitative estimate of drug-likeness (QED) is 0.777. The summed E-state index contributed by atoms with van der Waals surface area (Å²) < 4.78 is 16.7. The van der Waals surface area contributed by atoms with Gasteiger partial charge in [0, 0.05) is 17.6 Å². The summed E-state index contributed by atoms with van der Waals surface area (Å²) in [4.78, 5) is 19.0. The van der Waals surface area contributed by atoms with Crippen LogP contribution >= 0.6 is 0 Å². The van der Waals surface area contributed by atoms with E-state index in [-0.39, 0.29) is 17.8 Å². The Morgan fingerprint density at radius 1 is 1.24 bits per heavy atom. The predicted octanol–water partition coefficient (Wildman–Crippen LogP) is 3.13. The molecule has 0 radical (unpaired) electrons. The number of carbonyl (C=O) groups excluding carboxylic acids is 1. The van der Waals surface area contributed by atoms with Crippen molar-refractivity contribution in [3.05, 3.63) is 41.8 Å². The zero-order valence-corrected chi connectivity index (χ0v) is 14.9. The topological polar surface area (TPSA) is 64.8 Å². The van der Waals surface area contributed by atoms with Crippen molar-refractivity contribution in [3.63, 3.8) is 0 Å². The molecule has 1 aliphatic heterocycles. The van der Waals surface area contributed by atoms with E-state index in [2.05, 4.69) is 23.7 Å². The minimum atomic E-state index is -0.447. The Labute approximate surface area is 147 Å². The molecular formula is C19H24N2O4. The van der Waals surface area contributed by atoms with Crippen LogP contribution in [0.1, 0.15) is 37.0 Å². The van der Waals surface area contributed by atoms with Gasteiger partial charge in [-0.1, -0.05) is 18.2 Å². The molecule has 0 saturated carbocycles. The Kier molecular flexibility index (Phi) is 5.50. The molecule has 134 valence electrons. The number of aromatic nitrogens is 1. The zero-order chi connectivity index (χ0) is 17.8. The van der Waals surface area contributed by atoms with Gasteiger partial charge in [-0.2, -0.15) is 0 Å². The maximum atomic E-state index is 12.3. The molecule has 1 aromatic heterocycles. The van der Waals surface area contributed by atoms with E-state index >= 15 is 0 Å². The SMILES string of the molecule is CCOC(=O)c1nc(-c2ccccc2)oc1CN1[C@@H](C)COC[C@@H]1C. The molecule has 1 fully saturated rings. The van der Waals surface area contributed by atoms with Crippen LogP contribution in [0, 0.1) is 0 Å². The van der Waals surface area contributed by atoms with Crippen molar-refractivity contribution in [3.8, 4) is 11.5 Å². The summed E-state index contributed by atoms with van der Waals surface area (Å²) in [6, 6.07) is 10.0. The smallest absolute Gasteiger partial charge is 0.360 e. The van der Waals surface area contributed by atoms with Crippen LogP contribution in [0.5, 0.6) is 0 Å². The summed E-state index contributed by atoms with van der Waals surface area (Å²) in [5, 5.41) is 0. The minimum Gasteiger partial charge on any atom is -0.461 e. The molecule has 1 saturated heterocycles. The number of nitrogens with zero attached hydrogens (tertiary/aromatic N) is 2. The van der Waals surface area contributed by atoms with Crippen molar-refractivity contribution in [1.29, 1.82) is 0 Å². The first-order valence-electron chi connectivity index (χ1n) is 8.65. The molecule has 0 spiro atoms. The molecule has 2 heterocycles. The zero-order valence-electron chi connectivity index (χ0n) is 14.9. The van der Waals surface area contributed by atoms with Gasteiger partial charge in [0.1, 0.15) is 0 Å².